The maximum absolute atomic E-state index is 12.0. The molecule has 1 saturated heterocycles. The Morgan fingerprint density at radius 1 is 1.35 bits per heavy atom. The highest BCUT2D eigenvalue weighted by atomic mass is 35.5. The molecule has 7 heteroatoms. The predicted octanol–water partition coefficient (Wildman–Crippen LogP) is 2.95. The Morgan fingerprint density at radius 2 is 2.05 bits per heavy atom. The fourth-order valence-electron chi connectivity index (χ4n) is 2.01. The lowest BCUT2D eigenvalue weighted by atomic mass is 10.2. The minimum absolute atomic E-state index is 0.0841. The van der Waals surface area contributed by atoms with Crippen LogP contribution >= 0.6 is 35.0 Å². The van der Waals surface area contributed by atoms with Gasteiger partial charge in [0.05, 0.1) is 16.4 Å². The van der Waals surface area contributed by atoms with Crippen LogP contribution in [-0.2, 0) is 4.79 Å². The number of nitrogens with two attached hydrogens (primary N) is 1. The SMILES string of the molecule is Nc1cc(Cl)cc(Cl)c1NC(=O)CCN1CCSCC1. The van der Waals surface area contributed by atoms with Crippen molar-refractivity contribution >= 4 is 52.2 Å². The lowest BCUT2D eigenvalue weighted by molar-refractivity contribution is -0.116. The molecule has 1 aliphatic rings. The van der Waals surface area contributed by atoms with E-state index in [1.165, 1.54) is 0 Å². The van der Waals surface area contributed by atoms with Crippen molar-refractivity contribution in [3.8, 4) is 0 Å². The summed E-state index contributed by atoms with van der Waals surface area (Å²) in [6, 6.07) is 3.14. The largest absolute Gasteiger partial charge is 0.397 e. The molecule has 1 heterocycles. The summed E-state index contributed by atoms with van der Waals surface area (Å²) in [5.74, 6) is 2.19. The molecular weight excluding hydrogens is 317 g/mol. The number of rotatable bonds is 4. The maximum atomic E-state index is 12.0. The van der Waals surface area contributed by atoms with Crippen molar-refractivity contribution in [3.63, 3.8) is 0 Å². The smallest absolute Gasteiger partial charge is 0.225 e. The first-order valence-electron chi connectivity index (χ1n) is 6.41. The monoisotopic (exact) mass is 333 g/mol. The van der Waals surface area contributed by atoms with Gasteiger partial charge in [-0.25, -0.2) is 0 Å². The van der Waals surface area contributed by atoms with E-state index in [-0.39, 0.29) is 5.91 Å². The summed E-state index contributed by atoms with van der Waals surface area (Å²) in [5.41, 5.74) is 6.63. The molecule has 0 atom stereocenters. The normalized spacial score (nSPS) is 16.1. The summed E-state index contributed by atoms with van der Waals surface area (Å²) in [6.45, 7) is 2.85. The minimum atomic E-state index is -0.0841. The van der Waals surface area contributed by atoms with Gasteiger partial charge in [0.25, 0.3) is 0 Å². The highest BCUT2D eigenvalue weighted by molar-refractivity contribution is 7.99. The first kappa shape index (κ1) is 15.8. The Hall–Kier alpha value is -0.620. The van der Waals surface area contributed by atoms with E-state index in [2.05, 4.69) is 10.2 Å². The Morgan fingerprint density at radius 3 is 2.70 bits per heavy atom. The average molecular weight is 334 g/mol. The molecule has 1 amide bonds. The molecule has 1 aliphatic heterocycles. The van der Waals surface area contributed by atoms with Gasteiger partial charge >= 0.3 is 0 Å². The molecule has 0 bridgehead atoms. The van der Waals surface area contributed by atoms with Crippen molar-refractivity contribution in [1.29, 1.82) is 0 Å². The number of carbonyl (C=O) groups is 1. The molecule has 20 heavy (non-hydrogen) atoms. The number of amides is 1. The number of nitrogens with one attached hydrogen (secondary N) is 1. The van der Waals surface area contributed by atoms with Crippen LogP contribution in [0.5, 0.6) is 0 Å². The topological polar surface area (TPSA) is 58.4 Å². The summed E-state index contributed by atoms with van der Waals surface area (Å²) in [5, 5.41) is 3.57. The number of benzene rings is 1. The third-order valence-corrected chi connectivity index (χ3v) is 4.57. The van der Waals surface area contributed by atoms with E-state index in [1.807, 2.05) is 11.8 Å². The Balaban J connectivity index is 1.88. The minimum Gasteiger partial charge on any atom is -0.397 e. The first-order valence-corrected chi connectivity index (χ1v) is 8.32. The van der Waals surface area contributed by atoms with Crippen molar-refractivity contribution in [2.24, 2.45) is 0 Å². The molecule has 0 spiro atoms. The van der Waals surface area contributed by atoms with E-state index < -0.39 is 0 Å². The van der Waals surface area contributed by atoms with Crippen LogP contribution in [0.4, 0.5) is 11.4 Å². The number of halogens is 2. The second-order valence-corrected chi connectivity index (χ2v) is 6.67. The second kappa shape index (κ2) is 7.41. The summed E-state index contributed by atoms with van der Waals surface area (Å²) in [7, 11) is 0. The zero-order valence-corrected chi connectivity index (χ0v) is 13.3. The quantitative estimate of drug-likeness (QED) is 0.831. The number of hydrogen-bond acceptors (Lipinski definition) is 4. The fourth-order valence-corrected chi connectivity index (χ4v) is 3.55. The van der Waals surface area contributed by atoms with Crippen molar-refractivity contribution in [1.82, 2.24) is 4.90 Å². The lowest BCUT2D eigenvalue weighted by Gasteiger charge is -2.25. The summed E-state index contributed by atoms with van der Waals surface area (Å²) < 4.78 is 0. The highest BCUT2D eigenvalue weighted by Crippen LogP contribution is 2.32. The van der Waals surface area contributed by atoms with Crippen LogP contribution in [0.2, 0.25) is 10.0 Å². The van der Waals surface area contributed by atoms with E-state index in [0.717, 1.165) is 31.1 Å². The average Bonchev–Trinajstić information content (AvgIpc) is 2.42. The van der Waals surface area contributed by atoms with Crippen molar-refractivity contribution < 1.29 is 4.79 Å². The first-order chi connectivity index (χ1) is 9.56. The van der Waals surface area contributed by atoms with Crippen molar-refractivity contribution in [2.45, 2.75) is 6.42 Å². The molecular formula is C13H17Cl2N3OS. The maximum Gasteiger partial charge on any atom is 0.225 e. The van der Waals surface area contributed by atoms with Crippen molar-refractivity contribution in [2.75, 3.05) is 42.2 Å². The van der Waals surface area contributed by atoms with E-state index in [4.69, 9.17) is 28.9 Å². The number of carbonyl (C=O) groups excluding carboxylic acids is 1. The Labute approximate surface area is 133 Å². The van der Waals surface area contributed by atoms with E-state index in [9.17, 15) is 4.79 Å². The number of nitrogen functional groups attached to an aromatic ring is 1. The number of nitrogens with zero attached hydrogens (tertiary/aromatic N) is 1. The van der Waals surface area contributed by atoms with Crippen molar-refractivity contribution in [3.05, 3.63) is 22.2 Å². The zero-order chi connectivity index (χ0) is 14.5. The van der Waals surface area contributed by atoms with Gasteiger partial charge in [0.2, 0.25) is 5.91 Å². The number of anilines is 2. The molecule has 0 aliphatic carbocycles. The molecule has 3 N–H and O–H groups in total. The van der Waals surface area contributed by atoms with E-state index in [0.29, 0.717) is 27.8 Å². The molecule has 1 fully saturated rings. The fraction of sp³-hybridized carbons (Fsp3) is 0.462. The van der Waals surface area contributed by atoms with Gasteiger partial charge in [-0.3, -0.25) is 4.79 Å². The van der Waals surface area contributed by atoms with Crippen LogP contribution in [0.1, 0.15) is 6.42 Å². The molecule has 0 unspecified atom stereocenters. The molecule has 110 valence electrons. The Bertz CT molecular complexity index is 469. The molecule has 4 nitrogen and oxygen atoms in total. The zero-order valence-electron chi connectivity index (χ0n) is 11.0. The van der Waals surface area contributed by atoms with Gasteiger partial charge in [-0.05, 0) is 12.1 Å². The van der Waals surface area contributed by atoms with Gasteiger partial charge in [-0.1, -0.05) is 23.2 Å². The third kappa shape index (κ3) is 4.45. The lowest BCUT2D eigenvalue weighted by Crippen LogP contribution is -2.35. The van der Waals surface area contributed by atoms with Crippen LogP contribution in [0.15, 0.2) is 12.1 Å². The van der Waals surface area contributed by atoms with Gasteiger partial charge in [0.15, 0.2) is 0 Å². The molecule has 2 rings (SSSR count). The van der Waals surface area contributed by atoms with Gasteiger partial charge < -0.3 is 16.0 Å². The molecule has 1 aromatic rings. The van der Waals surface area contributed by atoms with E-state index >= 15 is 0 Å². The standard InChI is InChI=1S/C13H17Cl2N3OS/c14-9-7-10(15)13(11(16)8-9)17-12(19)1-2-18-3-5-20-6-4-18/h7-8H,1-6,16H2,(H,17,19). The van der Waals surface area contributed by atoms with Gasteiger partial charge in [-0.15, -0.1) is 0 Å². The second-order valence-electron chi connectivity index (χ2n) is 4.60. The van der Waals surface area contributed by atoms with Crippen LogP contribution < -0.4 is 11.1 Å². The molecule has 0 aromatic heterocycles. The predicted molar refractivity (Wildman–Crippen MR) is 87.9 cm³/mol. The number of hydrogen-bond donors (Lipinski definition) is 2. The van der Waals surface area contributed by atoms with Gasteiger partial charge in [0.1, 0.15) is 0 Å². The van der Waals surface area contributed by atoms with Gasteiger partial charge in [-0.2, -0.15) is 11.8 Å². The third-order valence-electron chi connectivity index (χ3n) is 3.11. The molecule has 0 saturated carbocycles. The molecule has 1 aromatic carbocycles. The van der Waals surface area contributed by atoms with Crippen LogP contribution in [0, 0.1) is 0 Å². The number of thioether (sulfide) groups is 1. The van der Waals surface area contributed by atoms with Crippen LogP contribution in [0.3, 0.4) is 0 Å². The van der Waals surface area contributed by atoms with Gasteiger partial charge in [0, 0.05) is 42.6 Å². The summed E-state index contributed by atoms with van der Waals surface area (Å²) in [6.07, 6.45) is 0.434. The van der Waals surface area contributed by atoms with Crippen LogP contribution in [0.25, 0.3) is 0 Å². The van der Waals surface area contributed by atoms with E-state index in [1.54, 1.807) is 12.1 Å². The Kier molecular flexibility index (Phi) is 5.84. The van der Waals surface area contributed by atoms with Crippen LogP contribution in [-0.4, -0.2) is 41.9 Å². The summed E-state index contributed by atoms with van der Waals surface area (Å²) in [4.78, 5) is 14.2. The highest BCUT2D eigenvalue weighted by Gasteiger charge is 2.14. The summed E-state index contributed by atoms with van der Waals surface area (Å²) >= 11 is 13.8. The molecule has 0 radical (unpaired) electrons.